The van der Waals surface area contributed by atoms with Crippen LogP contribution in [0.5, 0.6) is 0 Å². The molecule has 0 saturated carbocycles. The van der Waals surface area contributed by atoms with Crippen LogP contribution in [0.15, 0.2) is 0 Å². The van der Waals surface area contributed by atoms with Gasteiger partial charge < -0.3 is 10.2 Å². The molecule has 0 aliphatic heterocycles. The van der Waals surface area contributed by atoms with Crippen LogP contribution in [-0.2, 0) is 9.59 Å². The molecule has 0 spiro atoms. The monoisotopic (exact) mass is 428 g/mol. The number of carboxylic acid groups (broad SMARTS) is 2. The van der Waals surface area contributed by atoms with Gasteiger partial charge in [0.05, 0.1) is 0 Å². The first kappa shape index (κ1) is 31.2. The Kier molecular flexibility index (Phi) is 27.2. The van der Waals surface area contributed by atoms with Gasteiger partial charge >= 0.3 is 11.9 Å². The lowest BCUT2D eigenvalue weighted by molar-refractivity contribution is -0.138. The molecule has 0 aromatic rings. The van der Waals surface area contributed by atoms with Crippen molar-refractivity contribution in [2.24, 2.45) is 5.92 Å². The fraction of sp³-hybridized carbons (Fsp3) is 0.905. The van der Waals surface area contributed by atoms with Gasteiger partial charge in [0, 0.05) is 12.8 Å². The Morgan fingerprint density at radius 1 is 0.593 bits per heavy atom. The molecule has 4 nitrogen and oxygen atoms in total. The molecule has 0 aromatic carbocycles. The highest BCUT2D eigenvalue weighted by Crippen LogP contribution is 2.20. The van der Waals surface area contributed by atoms with Crippen molar-refractivity contribution in [3.05, 3.63) is 0 Å². The molecule has 164 valence electrons. The summed E-state index contributed by atoms with van der Waals surface area (Å²) in [5, 5.41) is 17.3. The van der Waals surface area contributed by atoms with E-state index in [4.69, 9.17) is 10.2 Å². The number of rotatable bonds is 19. The van der Waals surface area contributed by atoms with Crippen molar-refractivity contribution < 1.29 is 19.8 Å². The van der Waals surface area contributed by atoms with Crippen molar-refractivity contribution >= 4 is 36.8 Å². The van der Waals surface area contributed by atoms with Crippen LogP contribution >= 0.6 is 24.8 Å². The molecule has 0 aliphatic carbocycles. The average molecular weight is 429 g/mol. The van der Waals surface area contributed by atoms with Gasteiger partial charge in [-0.25, -0.2) is 0 Å². The van der Waals surface area contributed by atoms with Crippen LogP contribution in [0.25, 0.3) is 0 Å². The van der Waals surface area contributed by atoms with Crippen LogP contribution in [-0.4, -0.2) is 22.2 Å². The highest BCUT2D eigenvalue weighted by Gasteiger charge is 2.08. The molecule has 0 amide bonds. The van der Waals surface area contributed by atoms with Crippen LogP contribution in [0.1, 0.15) is 116 Å². The summed E-state index contributed by atoms with van der Waals surface area (Å²) in [6, 6.07) is 0. The SMILES string of the molecule is CCC(CCCCCCCCCCCCCCC(=O)O)CCC(=O)O.Cl.Cl. The quantitative estimate of drug-likeness (QED) is 0.212. The fourth-order valence-corrected chi connectivity index (χ4v) is 3.36. The number of hydrogen-bond donors (Lipinski definition) is 2. The van der Waals surface area contributed by atoms with Crippen LogP contribution in [0, 0.1) is 5.92 Å². The lowest BCUT2D eigenvalue weighted by Crippen LogP contribution is -2.03. The zero-order valence-corrected chi connectivity index (χ0v) is 18.8. The van der Waals surface area contributed by atoms with Gasteiger partial charge in [0.15, 0.2) is 0 Å². The zero-order valence-electron chi connectivity index (χ0n) is 17.1. The summed E-state index contributed by atoms with van der Waals surface area (Å²) in [5.41, 5.74) is 0. The van der Waals surface area contributed by atoms with E-state index in [-0.39, 0.29) is 24.8 Å². The van der Waals surface area contributed by atoms with E-state index in [1.165, 1.54) is 70.6 Å². The average Bonchev–Trinajstić information content (AvgIpc) is 2.57. The highest BCUT2D eigenvalue weighted by molar-refractivity contribution is 5.85. The largest absolute Gasteiger partial charge is 0.481 e. The maximum atomic E-state index is 10.6. The molecule has 27 heavy (non-hydrogen) atoms. The molecule has 6 heteroatoms. The molecular weight excluding hydrogens is 387 g/mol. The maximum Gasteiger partial charge on any atom is 0.303 e. The van der Waals surface area contributed by atoms with Crippen molar-refractivity contribution in [3.63, 3.8) is 0 Å². The molecule has 0 heterocycles. The van der Waals surface area contributed by atoms with Crippen LogP contribution in [0.3, 0.4) is 0 Å². The number of carboxylic acids is 2. The van der Waals surface area contributed by atoms with Crippen LogP contribution < -0.4 is 0 Å². The lowest BCUT2D eigenvalue weighted by Gasteiger charge is -2.13. The second kappa shape index (κ2) is 23.6. The zero-order chi connectivity index (χ0) is 18.8. The van der Waals surface area contributed by atoms with Gasteiger partial charge in [0.2, 0.25) is 0 Å². The molecular formula is C21H42Cl2O4. The van der Waals surface area contributed by atoms with Gasteiger partial charge in [-0.3, -0.25) is 9.59 Å². The normalized spacial score (nSPS) is 11.3. The van der Waals surface area contributed by atoms with Gasteiger partial charge in [-0.15, -0.1) is 24.8 Å². The summed E-state index contributed by atoms with van der Waals surface area (Å²) in [4.78, 5) is 21.0. The van der Waals surface area contributed by atoms with E-state index in [0.717, 1.165) is 25.7 Å². The molecule has 1 unspecified atom stereocenters. The Bertz CT molecular complexity index is 338. The molecule has 0 saturated heterocycles. The number of unbranched alkanes of at least 4 members (excludes halogenated alkanes) is 11. The molecule has 1 atom stereocenters. The van der Waals surface area contributed by atoms with E-state index in [0.29, 0.717) is 18.8 Å². The fourth-order valence-electron chi connectivity index (χ4n) is 3.36. The summed E-state index contributed by atoms with van der Waals surface area (Å²) in [5.74, 6) is -0.754. The highest BCUT2D eigenvalue weighted by atomic mass is 35.5. The van der Waals surface area contributed by atoms with Crippen molar-refractivity contribution in [3.8, 4) is 0 Å². The Morgan fingerprint density at radius 2 is 0.963 bits per heavy atom. The summed E-state index contributed by atoms with van der Waals surface area (Å²) in [6.45, 7) is 2.17. The summed E-state index contributed by atoms with van der Waals surface area (Å²) < 4.78 is 0. The molecule has 2 N–H and O–H groups in total. The van der Waals surface area contributed by atoms with Gasteiger partial charge in [-0.2, -0.15) is 0 Å². The predicted molar refractivity (Wildman–Crippen MR) is 117 cm³/mol. The summed E-state index contributed by atoms with van der Waals surface area (Å²) in [7, 11) is 0. The van der Waals surface area contributed by atoms with Gasteiger partial charge in [-0.1, -0.05) is 90.4 Å². The van der Waals surface area contributed by atoms with E-state index in [1.54, 1.807) is 0 Å². The van der Waals surface area contributed by atoms with E-state index in [2.05, 4.69) is 6.92 Å². The molecule has 0 aromatic heterocycles. The minimum absolute atomic E-state index is 0. The molecule has 0 radical (unpaired) electrons. The second-order valence-corrected chi connectivity index (χ2v) is 7.38. The topological polar surface area (TPSA) is 74.6 Å². The van der Waals surface area contributed by atoms with E-state index in [9.17, 15) is 9.59 Å². The molecule has 0 fully saturated rings. The summed E-state index contributed by atoms with van der Waals surface area (Å²) >= 11 is 0. The third-order valence-corrected chi connectivity index (χ3v) is 5.10. The molecule has 0 aliphatic rings. The number of halogens is 2. The van der Waals surface area contributed by atoms with E-state index < -0.39 is 11.9 Å². The number of carbonyl (C=O) groups is 2. The standard InChI is InChI=1S/C21H40O4.2ClH/c1-2-19(17-18-21(24)25)15-13-11-9-7-5-3-4-6-8-10-12-14-16-20(22)23;;/h19H,2-18H2,1H3,(H,22,23)(H,24,25);2*1H. The minimum atomic E-state index is -0.675. The maximum absolute atomic E-state index is 10.6. The van der Waals surface area contributed by atoms with Crippen LogP contribution in [0.2, 0.25) is 0 Å². The smallest absolute Gasteiger partial charge is 0.303 e. The van der Waals surface area contributed by atoms with E-state index in [1.807, 2.05) is 0 Å². The second-order valence-electron chi connectivity index (χ2n) is 7.38. The van der Waals surface area contributed by atoms with Crippen molar-refractivity contribution in [1.82, 2.24) is 0 Å². The van der Waals surface area contributed by atoms with Gasteiger partial charge in [-0.05, 0) is 18.8 Å². The minimum Gasteiger partial charge on any atom is -0.481 e. The Hall–Kier alpha value is -0.480. The Morgan fingerprint density at radius 3 is 1.33 bits per heavy atom. The third-order valence-electron chi connectivity index (χ3n) is 5.10. The number of hydrogen-bond acceptors (Lipinski definition) is 2. The Labute approximate surface area is 178 Å². The first-order chi connectivity index (χ1) is 12.1. The first-order valence-electron chi connectivity index (χ1n) is 10.5. The van der Waals surface area contributed by atoms with Crippen LogP contribution in [0.4, 0.5) is 0 Å². The predicted octanol–water partition coefficient (Wildman–Crippen LogP) is 7.27. The van der Waals surface area contributed by atoms with Gasteiger partial charge in [0.25, 0.3) is 0 Å². The molecule has 0 bridgehead atoms. The van der Waals surface area contributed by atoms with Crippen molar-refractivity contribution in [1.29, 1.82) is 0 Å². The van der Waals surface area contributed by atoms with E-state index >= 15 is 0 Å². The third kappa shape index (κ3) is 25.5. The van der Waals surface area contributed by atoms with Crippen molar-refractivity contribution in [2.45, 2.75) is 116 Å². The summed E-state index contributed by atoms with van der Waals surface area (Å²) in [6.07, 6.45) is 18.5. The molecule has 0 rings (SSSR count). The van der Waals surface area contributed by atoms with Crippen molar-refractivity contribution in [2.75, 3.05) is 0 Å². The first-order valence-corrected chi connectivity index (χ1v) is 10.5. The Balaban J connectivity index is -0.00000288. The lowest BCUT2D eigenvalue weighted by atomic mass is 9.93. The number of aliphatic carboxylic acids is 2. The van der Waals surface area contributed by atoms with Gasteiger partial charge in [0.1, 0.15) is 0 Å².